The van der Waals surface area contributed by atoms with Gasteiger partial charge in [-0.3, -0.25) is 4.79 Å². The van der Waals surface area contributed by atoms with E-state index in [-0.39, 0.29) is 5.97 Å². The maximum Gasteiger partial charge on any atom is 0.326 e. The normalized spacial score (nSPS) is 24.3. The van der Waals surface area contributed by atoms with E-state index >= 15 is 0 Å². The zero-order valence-electron chi connectivity index (χ0n) is 10.2. The molecule has 1 aliphatic rings. The molecule has 1 saturated heterocycles. The molecule has 92 valence electrons. The van der Waals surface area contributed by atoms with Crippen molar-refractivity contribution in [3.05, 3.63) is 35.9 Å². The van der Waals surface area contributed by atoms with Gasteiger partial charge >= 0.3 is 5.97 Å². The number of carbonyl (C=O) groups is 1. The van der Waals surface area contributed by atoms with Crippen LogP contribution in [-0.4, -0.2) is 18.1 Å². The van der Waals surface area contributed by atoms with Crippen LogP contribution in [0.3, 0.4) is 0 Å². The maximum absolute atomic E-state index is 12.0. The highest BCUT2D eigenvalue weighted by atomic mass is 16.5. The molecule has 1 fully saturated rings. The van der Waals surface area contributed by atoms with Crippen molar-refractivity contribution in [2.24, 2.45) is 0 Å². The first-order valence-corrected chi connectivity index (χ1v) is 6.17. The predicted octanol–water partition coefficient (Wildman–Crippen LogP) is 2.26. The summed E-state index contributed by atoms with van der Waals surface area (Å²) in [4.78, 5) is 12.0. The molecule has 1 aromatic rings. The molecule has 0 aliphatic carbocycles. The Morgan fingerprint density at radius 2 is 2.12 bits per heavy atom. The van der Waals surface area contributed by atoms with Gasteiger partial charge in [0.25, 0.3) is 0 Å². The Morgan fingerprint density at radius 1 is 1.35 bits per heavy atom. The van der Waals surface area contributed by atoms with Gasteiger partial charge in [0.15, 0.2) is 0 Å². The molecule has 0 saturated carbocycles. The average molecular weight is 233 g/mol. The molecule has 3 heteroatoms. The molecule has 17 heavy (non-hydrogen) atoms. The van der Waals surface area contributed by atoms with E-state index in [4.69, 9.17) is 4.74 Å². The van der Waals surface area contributed by atoms with E-state index in [0.717, 1.165) is 31.4 Å². The molecule has 1 unspecified atom stereocenters. The summed E-state index contributed by atoms with van der Waals surface area (Å²) in [5.41, 5.74) is 0.535. The van der Waals surface area contributed by atoms with E-state index in [1.807, 2.05) is 37.3 Å². The molecule has 3 nitrogen and oxygen atoms in total. The second-order valence-electron chi connectivity index (χ2n) is 4.78. The standard InChI is InChI=1S/C14H19NO2/c1-14(9-5-6-10-15-14)13(16)17-11-12-7-3-2-4-8-12/h2-4,7-8,15H,5-6,9-11H2,1H3. The Hall–Kier alpha value is -1.35. The van der Waals surface area contributed by atoms with Crippen molar-refractivity contribution >= 4 is 5.97 Å². The van der Waals surface area contributed by atoms with Gasteiger partial charge in [0.05, 0.1) is 0 Å². The molecule has 1 N–H and O–H groups in total. The van der Waals surface area contributed by atoms with E-state index in [0.29, 0.717) is 6.61 Å². The fraction of sp³-hybridized carbons (Fsp3) is 0.500. The SMILES string of the molecule is CC1(C(=O)OCc2ccccc2)CCCCN1. The van der Waals surface area contributed by atoms with Crippen molar-refractivity contribution in [3.63, 3.8) is 0 Å². The number of piperidine rings is 1. The molecule has 0 amide bonds. The molecule has 1 heterocycles. The van der Waals surface area contributed by atoms with Gasteiger partial charge in [-0.2, -0.15) is 0 Å². The Morgan fingerprint density at radius 3 is 2.76 bits per heavy atom. The van der Waals surface area contributed by atoms with Crippen LogP contribution in [0.15, 0.2) is 30.3 Å². The number of hydrogen-bond acceptors (Lipinski definition) is 3. The fourth-order valence-electron chi connectivity index (χ4n) is 2.11. The minimum atomic E-state index is -0.493. The van der Waals surface area contributed by atoms with Crippen LogP contribution in [0.2, 0.25) is 0 Å². The topological polar surface area (TPSA) is 38.3 Å². The van der Waals surface area contributed by atoms with E-state index in [1.165, 1.54) is 0 Å². The van der Waals surface area contributed by atoms with Gasteiger partial charge in [-0.15, -0.1) is 0 Å². The molecular formula is C14H19NO2. The van der Waals surface area contributed by atoms with Crippen molar-refractivity contribution in [3.8, 4) is 0 Å². The van der Waals surface area contributed by atoms with E-state index in [2.05, 4.69) is 5.32 Å². The van der Waals surface area contributed by atoms with Crippen LogP contribution in [0.1, 0.15) is 31.7 Å². The van der Waals surface area contributed by atoms with Crippen LogP contribution in [0.25, 0.3) is 0 Å². The lowest BCUT2D eigenvalue weighted by molar-refractivity contribution is -0.153. The van der Waals surface area contributed by atoms with Gasteiger partial charge in [0, 0.05) is 0 Å². The molecule has 1 aromatic carbocycles. The first kappa shape index (κ1) is 12.1. The van der Waals surface area contributed by atoms with Crippen molar-refractivity contribution in [1.82, 2.24) is 5.32 Å². The van der Waals surface area contributed by atoms with Gasteiger partial charge in [-0.1, -0.05) is 30.3 Å². The lowest BCUT2D eigenvalue weighted by Crippen LogP contribution is -2.52. The largest absolute Gasteiger partial charge is 0.459 e. The van der Waals surface area contributed by atoms with Gasteiger partial charge < -0.3 is 10.1 Å². The summed E-state index contributed by atoms with van der Waals surface area (Å²) < 4.78 is 5.37. The number of esters is 1. The highest BCUT2D eigenvalue weighted by molar-refractivity contribution is 5.80. The van der Waals surface area contributed by atoms with E-state index in [1.54, 1.807) is 0 Å². The predicted molar refractivity (Wildman–Crippen MR) is 66.5 cm³/mol. The van der Waals surface area contributed by atoms with Crippen LogP contribution in [0, 0.1) is 0 Å². The zero-order valence-corrected chi connectivity index (χ0v) is 10.2. The van der Waals surface area contributed by atoms with Crippen molar-refractivity contribution in [1.29, 1.82) is 0 Å². The summed E-state index contributed by atoms with van der Waals surface area (Å²) >= 11 is 0. The van der Waals surface area contributed by atoms with Crippen molar-refractivity contribution in [2.75, 3.05) is 6.54 Å². The van der Waals surface area contributed by atoms with Crippen LogP contribution in [-0.2, 0) is 16.1 Å². The lowest BCUT2D eigenvalue weighted by atomic mass is 9.91. The molecule has 0 bridgehead atoms. The van der Waals surface area contributed by atoms with Crippen molar-refractivity contribution < 1.29 is 9.53 Å². The first-order chi connectivity index (χ1) is 8.21. The third-order valence-electron chi connectivity index (χ3n) is 3.28. The van der Waals surface area contributed by atoms with Crippen molar-refractivity contribution in [2.45, 2.75) is 38.3 Å². The highest BCUT2D eigenvalue weighted by Crippen LogP contribution is 2.20. The minimum absolute atomic E-state index is 0.138. The van der Waals surface area contributed by atoms with Gasteiger partial charge in [0.1, 0.15) is 12.1 Å². The summed E-state index contributed by atoms with van der Waals surface area (Å²) in [6.07, 6.45) is 3.09. The van der Waals surface area contributed by atoms with Crippen LogP contribution < -0.4 is 5.32 Å². The van der Waals surface area contributed by atoms with Crippen LogP contribution in [0.4, 0.5) is 0 Å². The summed E-state index contributed by atoms with van der Waals surface area (Å²) in [7, 11) is 0. The second kappa shape index (κ2) is 5.32. The lowest BCUT2D eigenvalue weighted by Gasteiger charge is -2.32. The Labute approximate surface area is 102 Å². The quantitative estimate of drug-likeness (QED) is 0.814. The monoisotopic (exact) mass is 233 g/mol. The second-order valence-corrected chi connectivity index (χ2v) is 4.78. The number of ether oxygens (including phenoxy) is 1. The Balaban J connectivity index is 1.88. The minimum Gasteiger partial charge on any atom is -0.459 e. The Bertz CT molecular complexity index is 369. The van der Waals surface area contributed by atoms with Gasteiger partial charge in [0.2, 0.25) is 0 Å². The average Bonchev–Trinajstić information content (AvgIpc) is 2.38. The number of carbonyl (C=O) groups excluding carboxylic acids is 1. The number of hydrogen-bond donors (Lipinski definition) is 1. The summed E-state index contributed by atoms with van der Waals surface area (Å²) in [5.74, 6) is -0.138. The summed E-state index contributed by atoms with van der Waals surface area (Å²) in [5, 5.41) is 3.26. The molecule has 0 aromatic heterocycles. The van der Waals surface area contributed by atoms with E-state index < -0.39 is 5.54 Å². The molecule has 2 rings (SSSR count). The zero-order chi connectivity index (χ0) is 12.1. The smallest absolute Gasteiger partial charge is 0.326 e. The van der Waals surface area contributed by atoms with Crippen LogP contribution >= 0.6 is 0 Å². The number of nitrogens with one attached hydrogen (secondary N) is 1. The third kappa shape index (κ3) is 3.07. The highest BCUT2D eigenvalue weighted by Gasteiger charge is 2.35. The number of benzene rings is 1. The Kier molecular flexibility index (Phi) is 3.79. The fourth-order valence-corrected chi connectivity index (χ4v) is 2.11. The maximum atomic E-state index is 12.0. The molecule has 0 spiro atoms. The van der Waals surface area contributed by atoms with E-state index in [9.17, 15) is 4.79 Å². The number of rotatable bonds is 3. The molecule has 0 radical (unpaired) electrons. The van der Waals surface area contributed by atoms with Gasteiger partial charge in [-0.25, -0.2) is 0 Å². The third-order valence-corrected chi connectivity index (χ3v) is 3.28. The van der Waals surface area contributed by atoms with Gasteiger partial charge in [-0.05, 0) is 38.3 Å². The first-order valence-electron chi connectivity index (χ1n) is 6.17. The molecule has 1 aliphatic heterocycles. The summed E-state index contributed by atoms with van der Waals surface area (Å²) in [6.45, 7) is 3.19. The van der Waals surface area contributed by atoms with Crippen LogP contribution in [0.5, 0.6) is 0 Å². The molecule has 1 atom stereocenters. The summed E-state index contributed by atoms with van der Waals surface area (Å²) in [6, 6.07) is 9.77. The molecular weight excluding hydrogens is 214 g/mol.